The smallest absolute Gasteiger partial charge is 0.333 e. The van der Waals surface area contributed by atoms with Gasteiger partial charge in [0.25, 0.3) is 0 Å². The summed E-state index contributed by atoms with van der Waals surface area (Å²) in [6.07, 6.45) is 4.84. The van der Waals surface area contributed by atoms with Crippen LogP contribution in [0.1, 0.15) is 33.6 Å². The predicted octanol–water partition coefficient (Wildman–Crippen LogP) is 2.77. The maximum absolute atomic E-state index is 11.1. The largest absolute Gasteiger partial charge is 0.462 e. The van der Waals surface area contributed by atoms with Gasteiger partial charge in [0.05, 0.1) is 12.7 Å². The van der Waals surface area contributed by atoms with Gasteiger partial charge in [-0.05, 0) is 33.6 Å². The van der Waals surface area contributed by atoms with E-state index in [1.165, 1.54) is 0 Å². The van der Waals surface area contributed by atoms with Crippen LogP contribution in [-0.4, -0.2) is 23.8 Å². The molecule has 3 nitrogen and oxygen atoms in total. The minimum Gasteiger partial charge on any atom is -0.462 e. The van der Waals surface area contributed by atoms with E-state index in [1.54, 1.807) is 0 Å². The second-order valence-corrected chi connectivity index (χ2v) is 5.12. The molecular weight excluding hydrogens is 228 g/mol. The lowest BCUT2D eigenvalue weighted by molar-refractivity contribution is -0.135. The van der Waals surface area contributed by atoms with Gasteiger partial charge in [0.15, 0.2) is 0 Å². The van der Waals surface area contributed by atoms with E-state index in [1.807, 2.05) is 26.8 Å². The van der Waals surface area contributed by atoms with Gasteiger partial charge in [0.2, 0.25) is 0 Å². The molecule has 0 aromatic rings. The molecule has 100 valence electrons. The van der Waals surface area contributed by atoms with E-state index in [4.69, 9.17) is 4.74 Å². The van der Waals surface area contributed by atoms with Gasteiger partial charge in [-0.15, -0.1) is 0 Å². The number of rotatable bonds is 5. The van der Waals surface area contributed by atoms with Crippen molar-refractivity contribution in [1.29, 1.82) is 0 Å². The van der Waals surface area contributed by atoms with E-state index in [-0.39, 0.29) is 11.9 Å². The maximum atomic E-state index is 11.1. The molecule has 1 heterocycles. The molecule has 1 fully saturated rings. The number of aliphatic hydroxyl groups excluding tert-OH is 1. The zero-order valence-electron chi connectivity index (χ0n) is 11.4. The van der Waals surface area contributed by atoms with Crippen molar-refractivity contribution >= 4 is 5.97 Å². The number of hydrogen-bond donors (Lipinski definition) is 1. The molecule has 3 heteroatoms. The van der Waals surface area contributed by atoms with Gasteiger partial charge in [-0.25, -0.2) is 4.79 Å². The van der Waals surface area contributed by atoms with E-state index in [0.29, 0.717) is 18.6 Å². The minimum atomic E-state index is -0.434. The quantitative estimate of drug-likeness (QED) is 0.463. The van der Waals surface area contributed by atoms with Crippen LogP contribution in [0.4, 0.5) is 0 Å². The van der Waals surface area contributed by atoms with E-state index in [0.717, 1.165) is 17.6 Å². The Labute approximate surface area is 109 Å². The Bertz CT molecular complexity index is 387. The average molecular weight is 250 g/mol. The first-order valence-electron chi connectivity index (χ1n) is 6.24. The first-order valence-corrected chi connectivity index (χ1v) is 6.24. The molecule has 0 aliphatic carbocycles. The highest BCUT2D eigenvalue weighted by atomic mass is 16.5. The lowest BCUT2D eigenvalue weighted by atomic mass is 9.97. The minimum absolute atomic E-state index is 0.0908. The van der Waals surface area contributed by atoms with Crippen molar-refractivity contribution in [2.24, 2.45) is 5.92 Å². The van der Waals surface area contributed by atoms with Crippen LogP contribution in [0.25, 0.3) is 0 Å². The van der Waals surface area contributed by atoms with Gasteiger partial charge in [-0.2, -0.15) is 0 Å². The van der Waals surface area contributed by atoms with Crippen molar-refractivity contribution in [1.82, 2.24) is 0 Å². The van der Waals surface area contributed by atoms with Crippen LogP contribution >= 0.6 is 0 Å². The molecule has 0 amide bonds. The van der Waals surface area contributed by atoms with Crippen molar-refractivity contribution in [3.05, 3.63) is 35.5 Å². The molecule has 0 spiro atoms. The van der Waals surface area contributed by atoms with E-state index < -0.39 is 6.10 Å². The molecule has 1 N–H and O–H groups in total. The maximum Gasteiger partial charge on any atom is 0.333 e. The number of ether oxygens (including phenoxy) is 1. The molecule has 1 saturated heterocycles. The molecule has 0 aromatic heterocycles. The summed E-state index contributed by atoms with van der Waals surface area (Å²) in [6.45, 7) is 10.1. The molecule has 18 heavy (non-hydrogen) atoms. The van der Waals surface area contributed by atoms with E-state index in [9.17, 15) is 9.90 Å². The molecule has 1 rings (SSSR count). The second kappa shape index (κ2) is 6.55. The number of esters is 1. The van der Waals surface area contributed by atoms with Crippen LogP contribution in [0, 0.1) is 5.92 Å². The Morgan fingerprint density at radius 3 is 2.72 bits per heavy atom. The fraction of sp³-hybridized carbons (Fsp3) is 0.533. The zero-order valence-corrected chi connectivity index (χ0v) is 11.4. The standard InChI is InChI=1S/C15H22O3/c1-10(2)7-14(16)8-11(3)5-6-13-9-18-15(17)12(13)4/h5,7,13-14,16H,4,6,8-9H2,1-3H3/b11-5+/t13-,14+/m0/s1. The highest BCUT2D eigenvalue weighted by molar-refractivity contribution is 5.90. The topological polar surface area (TPSA) is 46.5 Å². The number of aliphatic hydroxyl groups is 1. The molecule has 2 atom stereocenters. The summed E-state index contributed by atoms with van der Waals surface area (Å²) < 4.78 is 4.92. The fourth-order valence-corrected chi connectivity index (χ4v) is 1.95. The second-order valence-electron chi connectivity index (χ2n) is 5.12. The van der Waals surface area contributed by atoms with E-state index >= 15 is 0 Å². The predicted molar refractivity (Wildman–Crippen MR) is 72.0 cm³/mol. The van der Waals surface area contributed by atoms with Gasteiger partial charge in [0, 0.05) is 11.5 Å². The summed E-state index contributed by atoms with van der Waals surface area (Å²) in [5.74, 6) is -0.191. The molecule has 1 aliphatic heterocycles. The van der Waals surface area contributed by atoms with Crippen molar-refractivity contribution in [3.63, 3.8) is 0 Å². The summed E-state index contributed by atoms with van der Waals surface area (Å²) in [7, 11) is 0. The molecule has 0 saturated carbocycles. The Balaban J connectivity index is 2.45. The molecule has 1 aliphatic rings. The normalized spacial score (nSPS) is 21.8. The van der Waals surface area contributed by atoms with Crippen molar-refractivity contribution in [3.8, 4) is 0 Å². The monoisotopic (exact) mass is 250 g/mol. The Morgan fingerprint density at radius 1 is 1.56 bits per heavy atom. The highest BCUT2D eigenvalue weighted by Crippen LogP contribution is 2.24. The van der Waals surface area contributed by atoms with Crippen molar-refractivity contribution < 1.29 is 14.6 Å². The van der Waals surface area contributed by atoms with Gasteiger partial charge in [-0.3, -0.25) is 0 Å². The molecule has 0 bridgehead atoms. The molecular formula is C15H22O3. The first kappa shape index (κ1) is 14.7. The highest BCUT2D eigenvalue weighted by Gasteiger charge is 2.27. The zero-order chi connectivity index (χ0) is 13.7. The third-order valence-corrected chi connectivity index (χ3v) is 2.98. The van der Waals surface area contributed by atoms with Gasteiger partial charge >= 0.3 is 5.97 Å². The van der Waals surface area contributed by atoms with Crippen LogP contribution in [0.3, 0.4) is 0 Å². The van der Waals surface area contributed by atoms with Crippen molar-refractivity contribution in [2.75, 3.05) is 6.61 Å². The summed E-state index contributed by atoms with van der Waals surface area (Å²) in [4.78, 5) is 11.1. The van der Waals surface area contributed by atoms with Crippen molar-refractivity contribution in [2.45, 2.75) is 39.7 Å². The number of carbonyl (C=O) groups is 1. The van der Waals surface area contributed by atoms with Crippen LogP contribution in [0.2, 0.25) is 0 Å². The van der Waals surface area contributed by atoms with Crippen LogP contribution < -0.4 is 0 Å². The van der Waals surface area contributed by atoms with Crippen LogP contribution in [0.5, 0.6) is 0 Å². The lowest BCUT2D eigenvalue weighted by Crippen LogP contribution is -2.05. The number of allylic oxidation sites excluding steroid dienone is 2. The van der Waals surface area contributed by atoms with Crippen LogP contribution in [0.15, 0.2) is 35.5 Å². The molecule has 0 radical (unpaired) electrons. The lowest BCUT2D eigenvalue weighted by Gasteiger charge is -2.08. The Morgan fingerprint density at radius 2 is 2.22 bits per heavy atom. The third kappa shape index (κ3) is 4.49. The van der Waals surface area contributed by atoms with Gasteiger partial charge in [0.1, 0.15) is 0 Å². The van der Waals surface area contributed by atoms with Crippen LogP contribution in [-0.2, 0) is 9.53 Å². The summed E-state index contributed by atoms with van der Waals surface area (Å²) >= 11 is 0. The Kier molecular flexibility index (Phi) is 5.35. The number of hydrogen-bond acceptors (Lipinski definition) is 3. The van der Waals surface area contributed by atoms with Gasteiger partial charge < -0.3 is 9.84 Å². The first-order chi connectivity index (χ1) is 8.40. The Hall–Kier alpha value is -1.35. The van der Waals surface area contributed by atoms with E-state index in [2.05, 4.69) is 12.7 Å². The number of carbonyl (C=O) groups excluding carboxylic acids is 1. The summed E-state index contributed by atoms with van der Waals surface area (Å²) in [5, 5.41) is 9.76. The SMILES string of the molecule is C=C1C(=O)OC[C@@H]1C/C=C(\C)C[C@H](O)C=C(C)C. The number of cyclic esters (lactones) is 1. The third-order valence-electron chi connectivity index (χ3n) is 2.98. The molecule has 0 aromatic carbocycles. The summed E-state index contributed by atoms with van der Waals surface area (Å²) in [5.41, 5.74) is 2.79. The summed E-state index contributed by atoms with van der Waals surface area (Å²) in [6, 6.07) is 0. The molecule has 0 unspecified atom stereocenters. The average Bonchev–Trinajstić information content (AvgIpc) is 2.56. The van der Waals surface area contributed by atoms with Gasteiger partial charge in [-0.1, -0.05) is 29.9 Å². The fourth-order valence-electron chi connectivity index (χ4n) is 1.95.